The molecule has 1 unspecified atom stereocenters. The Balaban J connectivity index is 1.63. The Morgan fingerprint density at radius 3 is 2.46 bits per heavy atom. The van der Waals surface area contributed by atoms with Gasteiger partial charge in [0.1, 0.15) is 0 Å². The lowest BCUT2D eigenvalue weighted by atomic mass is 10.00. The van der Waals surface area contributed by atoms with Gasteiger partial charge >= 0.3 is 0 Å². The Bertz CT molecular complexity index is 936. The summed E-state index contributed by atoms with van der Waals surface area (Å²) >= 11 is 0. The van der Waals surface area contributed by atoms with E-state index in [-0.39, 0.29) is 23.3 Å². The summed E-state index contributed by atoms with van der Waals surface area (Å²) in [6.07, 6.45) is 2.60. The number of nitrogens with zero attached hydrogens (tertiary/aromatic N) is 1. The fourth-order valence-electron chi connectivity index (χ4n) is 4.13. The molecule has 26 heavy (non-hydrogen) atoms. The largest absolute Gasteiger partial charge is 0.308 e. The first-order valence-electron chi connectivity index (χ1n) is 9.17. The average Bonchev–Trinajstić information content (AvgIpc) is 2.77. The maximum atomic E-state index is 13.1. The van der Waals surface area contributed by atoms with Gasteiger partial charge in [-0.1, -0.05) is 42.5 Å². The maximum absolute atomic E-state index is 13.1. The molecule has 2 aromatic carbocycles. The van der Waals surface area contributed by atoms with Crippen LogP contribution in [-0.2, 0) is 27.6 Å². The summed E-state index contributed by atoms with van der Waals surface area (Å²) in [6.45, 7) is 0.547. The topological polar surface area (TPSA) is 54.5 Å². The van der Waals surface area contributed by atoms with Crippen LogP contribution in [0, 0.1) is 5.92 Å². The standard InChI is InChI=1S/C21H23NO3S/c23-21(12-16-6-5-11-26(24,25)15-16)22-14-19-9-2-1-7-17(19)13-18-8-3-4-10-20(18)22/h1-4,7-10,16H,5-6,11-15H2. The van der Waals surface area contributed by atoms with Crippen molar-refractivity contribution >= 4 is 21.4 Å². The summed E-state index contributed by atoms with van der Waals surface area (Å²) in [7, 11) is -3.00. The average molecular weight is 369 g/mol. The van der Waals surface area contributed by atoms with Crippen molar-refractivity contribution < 1.29 is 13.2 Å². The van der Waals surface area contributed by atoms with E-state index in [1.54, 1.807) is 0 Å². The second kappa shape index (κ2) is 6.88. The first kappa shape index (κ1) is 17.3. The second-order valence-electron chi connectivity index (χ2n) is 7.38. The molecule has 1 amide bonds. The molecule has 0 radical (unpaired) electrons. The van der Waals surface area contributed by atoms with Gasteiger partial charge in [-0.2, -0.15) is 0 Å². The predicted molar refractivity (Wildman–Crippen MR) is 103 cm³/mol. The van der Waals surface area contributed by atoms with E-state index in [1.165, 1.54) is 5.56 Å². The van der Waals surface area contributed by atoms with Crippen LogP contribution in [0.5, 0.6) is 0 Å². The number of sulfone groups is 1. The highest BCUT2D eigenvalue weighted by Crippen LogP contribution is 2.32. The van der Waals surface area contributed by atoms with Crippen LogP contribution in [0.2, 0.25) is 0 Å². The Morgan fingerprint density at radius 1 is 1.00 bits per heavy atom. The normalized spacial score (nSPS) is 21.4. The van der Waals surface area contributed by atoms with Crippen molar-refractivity contribution in [2.75, 3.05) is 16.4 Å². The molecule has 5 heteroatoms. The van der Waals surface area contributed by atoms with E-state index in [1.807, 2.05) is 35.2 Å². The Morgan fingerprint density at radius 2 is 1.69 bits per heavy atom. The number of amides is 1. The zero-order valence-electron chi connectivity index (χ0n) is 14.7. The lowest BCUT2D eigenvalue weighted by molar-refractivity contribution is -0.119. The molecule has 2 aliphatic heterocycles. The summed E-state index contributed by atoms with van der Waals surface area (Å²) in [5.41, 5.74) is 4.50. The quantitative estimate of drug-likeness (QED) is 0.816. The van der Waals surface area contributed by atoms with Crippen molar-refractivity contribution in [3.63, 3.8) is 0 Å². The highest BCUT2D eigenvalue weighted by Gasteiger charge is 2.30. The first-order valence-corrected chi connectivity index (χ1v) is 11.0. The van der Waals surface area contributed by atoms with Crippen LogP contribution < -0.4 is 4.90 Å². The van der Waals surface area contributed by atoms with Gasteiger partial charge in [0, 0.05) is 12.1 Å². The van der Waals surface area contributed by atoms with E-state index in [2.05, 4.69) is 18.2 Å². The van der Waals surface area contributed by atoms with Gasteiger partial charge in [-0.25, -0.2) is 8.42 Å². The van der Waals surface area contributed by atoms with Gasteiger partial charge in [0.15, 0.2) is 9.84 Å². The molecule has 136 valence electrons. The molecular formula is C21H23NO3S. The lowest BCUT2D eigenvalue weighted by Crippen LogP contribution is -2.35. The minimum Gasteiger partial charge on any atom is -0.308 e. The highest BCUT2D eigenvalue weighted by molar-refractivity contribution is 7.91. The number of rotatable bonds is 2. The van der Waals surface area contributed by atoms with Gasteiger partial charge in [0.25, 0.3) is 0 Å². The number of benzene rings is 2. The zero-order valence-corrected chi connectivity index (χ0v) is 15.5. The van der Waals surface area contributed by atoms with Gasteiger partial charge in [-0.15, -0.1) is 0 Å². The monoisotopic (exact) mass is 369 g/mol. The van der Waals surface area contributed by atoms with Crippen molar-refractivity contribution in [1.82, 2.24) is 0 Å². The van der Waals surface area contributed by atoms with Gasteiger partial charge in [0.2, 0.25) is 5.91 Å². The van der Waals surface area contributed by atoms with Crippen LogP contribution in [-0.4, -0.2) is 25.8 Å². The molecule has 0 bridgehead atoms. The Labute approximate surface area is 154 Å². The molecular weight excluding hydrogens is 346 g/mol. The van der Waals surface area contributed by atoms with Crippen molar-refractivity contribution in [1.29, 1.82) is 0 Å². The fourth-order valence-corrected chi connectivity index (χ4v) is 5.90. The predicted octanol–water partition coefficient (Wildman–Crippen LogP) is 3.34. The number of para-hydroxylation sites is 1. The first-order chi connectivity index (χ1) is 12.5. The van der Waals surface area contributed by atoms with Gasteiger partial charge < -0.3 is 4.90 Å². The third-order valence-electron chi connectivity index (χ3n) is 5.43. The Hall–Kier alpha value is -2.14. The van der Waals surface area contributed by atoms with Crippen LogP contribution in [0.1, 0.15) is 36.0 Å². The number of carbonyl (C=O) groups excluding carboxylic acids is 1. The van der Waals surface area contributed by atoms with E-state index >= 15 is 0 Å². The number of anilines is 1. The van der Waals surface area contributed by atoms with Crippen molar-refractivity contribution in [2.45, 2.75) is 32.2 Å². The van der Waals surface area contributed by atoms with Crippen molar-refractivity contribution in [3.05, 3.63) is 65.2 Å². The van der Waals surface area contributed by atoms with Crippen LogP contribution in [0.3, 0.4) is 0 Å². The summed E-state index contributed by atoms with van der Waals surface area (Å²) in [5, 5.41) is 0. The number of hydrogen-bond donors (Lipinski definition) is 0. The lowest BCUT2D eigenvalue weighted by Gasteiger charge is -2.27. The molecule has 2 aliphatic rings. The zero-order chi connectivity index (χ0) is 18.1. The minimum absolute atomic E-state index is 0.0243. The maximum Gasteiger partial charge on any atom is 0.227 e. The van der Waals surface area contributed by atoms with Crippen molar-refractivity contribution in [3.8, 4) is 0 Å². The molecule has 1 fully saturated rings. The molecule has 2 heterocycles. The highest BCUT2D eigenvalue weighted by atomic mass is 32.2. The number of carbonyl (C=O) groups is 1. The molecule has 1 atom stereocenters. The van der Waals surface area contributed by atoms with Crippen LogP contribution in [0.15, 0.2) is 48.5 Å². The van der Waals surface area contributed by atoms with Gasteiger partial charge in [-0.05, 0) is 47.9 Å². The molecule has 0 aromatic heterocycles. The van der Waals surface area contributed by atoms with Gasteiger partial charge in [-0.3, -0.25) is 4.79 Å². The second-order valence-corrected chi connectivity index (χ2v) is 9.61. The van der Waals surface area contributed by atoms with E-state index in [0.29, 0.717) is 19.4 Å². The molecule has 0 saturated carbocycles. The number of fused-ring (bicyclic) bond motifs is 2. The van der Waals surface area contributed by atoms with E-state index < -0.39 is 9.84 Å². The van der Waals surface area contributed by atoms with E-state index in [0.717, 1.165) is 29.7 Å². The van der Waals surface area contributed by atoms with E-state index in [9.17, 15) is 13.2 Å². The molecule has 0 aliphatic carbocycles. The summed E-state index contributed by atoms with van der Waals surface area (Å²) in [5.74, 6) is 0.366. The molecule has 0 N–H and O–H groups in total. The SMILES string of the molecule is O=C(CC1CCCS(=O)(=O)C1)N1Cc2ccccc2Cc2ccccc21. The number of hydrogen-bond acceptors (Lipinski definition) is 3. The summed E-state index contributed by atoms with van der Waals surface area (Å²) in [6, 6.07) is 16.3. The smallest absolute Gasteiger partial charge is 0.227 e. The molecule has 1 saturated heterocycles. The molecule has 4 rings (SSSR count). The van der Waals surface area contributed by atoms with E-state index in [4.69, 9.17) is 0 Å². The van der Waals surface area contributed by atoms with Crippen LogP contribution >= 0.6 is 0 Å². The fraction of sp³-hybridized carbons (Fsp3) is 0.381. The molecule has 4 nitrogen and oxygen atoms in total. The third kappa shape index (κ3) is 3.54. The minimum atomic E-state index is -3.00. The van der Waals surface area contributed by atoms with Gasteiger partial charge in [0.05, 0.1) is 18.1 Å². The third-order valence-corrected chi connectivity index (χ3v) is 7.32. The van der Waals surface area contributed by atoms with Crippen LogP contribution in [0.25, 0.3) is 0 Å². The van der Waals surface area contributed by atoms with Crippen molar-refractivity contribution in [2.24, 2.45) is 5.92 Å². The summed E-state index contributed by atoms with van der Waals surface area (Å²) < 4.78 is 23.8. The summed E-state index contributed by atoms with van der Waals surface area (Å²) in [4.78, 5) is 15.0. The Kier molecular flexibility index (Phi) is 4.57. The molecule has 2 aromatic rings. The van der Waals surface area contributed by atoms with Crippen LogP contribution in [0.4, 0.5) is 5.69 Å². The molecule has 0 spiro atoms.